The minimum Gasteiger partial charge on any atom is -0.310 e. The third-order valence-electron chi connectivity index (χ3n) is 4.02. The van der Waals surface area contributed by atoms with Crippen molar-refractivity contribution in [2.24, 2.45) is 0 Å². The van der Waals surface area contributed by atoms with Gasteiger partial charge in [0.05, 0.1) is 0 Å². The second kappa shape index (κ2) is 6.71. The van der Waals surface area contributed by atoms with Crippen LogP contribution in [0.2, 0.25) is 0 Å². The molecule has 1 heteroatoms. The highest BCUT2D eigenvalue weighted by molar-refractivity contribution is 5.72. The monoisotopic (exact) mass is 267 g/mol. The Balaban J connectivity index is 2.44. The first-order chi connectivity index (χ1) is 9.65. The summed E-state index contributed by atoms with van der Waals surface area (Å²) in [4.78, 5) is 0. The fraction of sp³-hybridized carbons (Fsp3) is 0.368. The number of hydrogen-bond donors (Lipinski definition) is 1. The Kier molecular flexibility index (Phi) is 4.97. The molecule has 0 bridgehead atoms. The van der Waals surface area contributed by atoms with E-state index in [0.29, 0.717) is 6.04 Å². The van der Waals surface area contributed by atoms with Crippen molar-refractivity contribution in [2.75, 3.05) is 6.54 Å². The summed E-state index contributed by atoms with van der Waals surface area (Å²) >= 11 is 0. The van der Waals surface area contributed by atoms with Gasteiger partial charge in [-0.2, -0.15) is 0 Å². The highest BCUT2D eigenvalue weighted by atomic mass is 14.9. The molecule has 0 aliphatic heterocycles. The molecular formula is C19H25N. The maximum absolute atomic E-state index is 3.59. The third-order valence-corrected chi connectivity index (χ3v) is 4.02. The number of hydrogen-bond acceptors (Lipinski definition) is 1. The first-order valence-electron chi connectivity index (χ1n) is 7.54. The molecule has 0 saturated carbocycles. The summed E-state index contributed by atoms with van der Waals surface area (Å²) < 4.78 is 0. The van der Waals surface area contributed by atoms with Gasteiger partial charge in [-0.1, -0.05) is 49.4 Å². The molecule has 1 nitrogen and oxygen atoms in total. The van der Waals surface area contributed by atoms with Gasteiger partial charge in [0.15, 0.2) is 0 Å². The predicted molar refractivity (Wildman–Crippen MR) is 88.1 cm³/mol. The topological polar surface area (TPSA) is 12.0 Å². The molecule has 0 aromatic heterocycles. The molecule has 20 heavy (non-hydrogen) atoms. The van der Waals surface area contributed by atoms with Crippen LogP contribution in [0.1, 0.15) is 43.0 Å². The molecule has 0 aliphatic carbocycles. The van der Waals surface area contributed by atoms with Gasteiger partial charge in [0.2, 0.25) is 0 Å². The van der Waals surface area contributed by atoms with Gasteiger partial charge in [-0.15, -0.1) is 0 Å². The van der Waals surface area contributed by atoms with E-state index in [0.717, 1.165) is 13.0 Å². The van der Waals surface area contributed by atoms with Crippen LogP contribution < -0.4 is 5.32 Å². The minimum atomic E-state index is 0.381. The average Bonchev–Trinajstić information content (AvgIpc) is 2.47. The van der Waals surface area contributed by atoms with Crippen LogP contribution in [0.25, 0.3) is 11.1 Å². The maximum atomic E-state index is 3.59. The number of rotatable bonds is 5. The largest absolute Gasteiger partial charge is 0.310 e. The number of benzene rings is 2. The van der Waals surface area contributed by atoms with Crippen molar-refractivity contribution in [1.82, 2.24) is 5.32 Å². The Morgan fingerprint density at radius 1 is 0.950 bits per heavy atom. The van der Waals surface area contributed by atoms with E-state index < -0.39 is 0 Å². The second-order valence-corrected chi connectivity index (χ2v) is 5.51. The Hall–Kier alpha value is -1.60. The van der Waals surface area contributed by atoms with E-state index in [4.69, 9.17) is 0 Å². The summed E-state index contributed by atoms with van der Waals surface area (Å²) in [5.41, 5.74) is 6.82. The number of nitrogens with one attached hydrogen (secondary N) is 1. The van der Waals surface area contributed by atoms with Gasteiger partial charge in [-0.25, -0.2) is 0 Å². The van der Waals surface area contributed by atoms with Gasteiger partial charge < -0.3 is 5.32 Å². The smallest absolute Gasteiger partial charge is 0.0297 e. The van der Waals surface area contributed by atoms with Crippen molar-refractivity contribution in [3.05, 3.63) is 59.2 Å². The van der Waals surface area contributed by atoms with E-state index in [1.807, 2.05) is 0 Å². The predicted octanol–water partition coefficient (Wildman–Crippen LogP) is 5.03. The zero-order chi connectivity index (χ0) is 14.5. The molecular weight excluding hydrogens is 242 g/mol. The fourth-order valence-corrected chi connectivity index (χ4v) is 2.63. The molecule has 0 saturated heterocycles. The van der Waals surface area contributed by atoms with Crippen molar-refractivity contribution in [1.29, 1.82) is 0 Å². The van der Waals surface area contributed by atoms with Crippen LogP contribution in [0, 0.1) is 13.8 Å². The molecule has 1 unspecified atom stereocenters. The van der Waals surface area contributed by atoms with Crippen LogP contribution in [0.4, 0.5) is 0 Å². The average molecular weight is 267 g/mol. The van der Waals surface area contributed by atoms with Gasteiger partial charge >= 0.3 is 0 Å². The van der Waals surface area contributed by atoms with Crippen LogP contribution in [0.15, 0.2) is 42.5 Å². The lowest BCUT2D eigenvalue weighted by atomic mass is 9.91. The zero-order valence-corrected chi connectivity index (χ0v) is 13.0. The fourth-order valence-electron chi connectivity index (χ4n) is 2.63. The van der Waals surface area contributed by atoms with Crippen LogP contribution in [0.3, 0.4) is 0 Å². The molecule has 0 heterocycles. The highest BCUT2D eigenvalue weighted by Gasteiger charge is 2.12. The molecule has 0 spiro atoms. The molecule has 1 N–H and O–H groups in total. The van der Waals surface area contributed by atoms with E-state index in [1.165, 1.54) is 27.8 Å². The van der Waals surface area contributed by atoms with E-state index in [9.17, 15) is 0 Å². The SMILES string of the molecule is CCCNC(C)c1ccccc1-c1cccc(C)c1C. The molecule has 1 atom stereocenters. The molecule has 0 aliphatic rings. The van der Waals surface area contributed by atoms with E-state index in [2.05, 4.69) is 75.5 Å². The molecule has 0 radical (unpaired) electrons. The standard InChI is InChI=1S/C19H25N/c1-5-13-20-16(4)18-10-6-7-11-19(18)17-12-8-9-14(2)15(17)3/h6-12,16,20H,5,13H2,1-4H3. The van der Waals surface area contributed by atoms with Crippen molar-refractivity contribution >= 4 is 0 Å². The Labute approximate surface area is 123 Å². The van der Waals surface area contributed by atoms with Crippen molar-refractivity contribution < 1.29 is 0 Å². The lowest BCUT2D eigenvalue weighted by Gasteiger charge is -2.19. The summed E-state index contributed by atoms with van der Waals surface area (Å²) in [7, 11) is 0. The van der Waals surface area contributed by atoms with Gasteiger partial charge in [0, 0.05) is 6.04 Å². The normalized spacial score (nSPS) is 12.4. The molecule has 106 valence electrons. The van der Waals surface area contributed by atoms with E-state index in [-0.39, 0.29) is 0 Å². The Morgan fingerprint density at radius 2 is 1.65 bits per heavy atom. The summed E-state index contributed by atoms with van der Waals surface area (Å²) in [5.74, 6) is 0. The summed E-state index contributed by atoms with van der Waals surface area (Å²) in [6.45, 7) is 9.91. The van der Waals surface area contributed by atoms with Crippen LogP contribution in [-0.2, 0) is 0 Å². The lowest BCUT2D eigenvalue weighted by molar-refractivity contribution is 0.571. The van der Waals surface area contributed by atoms with E-state index >= 15 is 0 Å². The second-order valence-electron chi connectivity index (χ2n) is 5.51. The zero-order valence-electron chi connectivity index (χ0n) is 13.0. The third kappa shape index (κ3) is 3.10. The highest BCUT2D eigenvalue weighted by Crippen LogP contribution is 2.31. The summed E-state index contributed by atoms with van der Waals surface area (Å²) in [5, 5.41) is 3.59. The van der Waals surface area contributed by atoms with Crippen molar-refractivity contribution in [3.63, 3.8) is 0 Å². The first-order valence-corrected chi connectivity index (χ1v) is 7.54. The molecule has 0 amide bonds. The van der Waals surface area contributed by atoms with Crippen LogP contribution >= 0.6 is 0 Å². The maximum Gasteiger partial charge on any atom is 0.0297 e. The Morgan fingerprint density at radius 3 is 2.40 bits per heavy atom. The van der Waals surface area contributed by atoms with Crippen molar-refractivity contribution in [2.45, 2.75) is 40.2 Å². The molecule has 2 aromatic carbocycles. The van der Waals surface area contributed by atoms with Crippen LogP contribution in [-0.4, -0.2) is 6.54 Å². The van der Waals surface area contributed by atoms with Gasteiger partial charge in [-0.05, 0) is 61.6 Å². The van der Waals surface area contributed by atoms with Crippen molar-refractivity contribution in [3.8, 4) is 11.1 Å². The Bertz CT molecular complexity index is 572. The molecule has 2 rings (SSSR count). The van der Waals surface area contributed by atoms with Gasteiger partial charge in [0.25, 0.3) is 0 Å². The molecule has 0 fully saturated rings. The number of aryl methyl sites for hydroxylation is 1. The minimum absolute atomic E-state index is 0.381. The molecule has 2 aromatic rings. The van der Waals surface area contributed by atoms with Gasteiger partial charge in [-0.3, -0.25) is 0 Å². The summed E-state index contributed by atoms with van der Waals surface area (Å²) in [6.07, 6.45) is 1.16. The lowest BCUT2D eigenvalue weighted by Crippen LogP contribution is -2.19. The van der Waals surface area contributed by atoms with Crippen LogP contribution in [0.5, 0.6) is 0 Å². The first kappa shape index (κ1) is 14.8. The quantitative estimate of drug-likeness (QED) is 0.801. The van der Waals surface area contributed by atoms with E-state index in [1.54, 1.807) is 0 Å². The van der Waals surface area contributed by atoms with Gasteiger partial charge in [0.1, 0.15) is 0 Å². The summed E-state index contributed by atoms with van der Waals surface area (Å²) in [6, 6.07) is 15.7.